The van der Waals surface area contributed by atoms with Gasteiger partial charge < -0.3 is 15.5 Å². The van der Waals surface area contributed by atoms with Crippen molar-refractivity contribution < 1.29 is 0 Å². The van der Waals surface area contributed by atoms with Crippen LogP contribution >= 0.6 is 24.0 Å². The Kier molecular flexibility index (Phi) is 17.9. The van der Waals surface area contributed by atoms with Gasteiger partial charge in [0.25, 0.3) is 0 Å². The van der Waals surface area contributed by atoms with Gasteiger partial charge in [0, 0.05) is 19.6 Å². The van der Waals surface area contributed by atoms with Crippen molar-refractivity contribution in [2.45, 2.75) is 47.0 Å². The van der Waals surface area contributed by atoms with Crippen molar-refractivity contribution in [3.63, 3.8) is 0 Å². The van der Waals surface area contributed by atoms with Gasteiger partial charge in [0.15, 0.2) is 5.96 Å². The predicted molar refractivity (Wildman–Crippen MR) is 96.7 cm³/mol. The highest BCUT2D eigenvalue weighted by Gasteiger charge is 2.01. The smallest absolute Gasteiger partial charge is 0.191 e. The van der Waals surface area contributed by atoms with E-state index in [9.17, 15) is 0 Å². The fraction of sp³-hybridized carbons (Fsp3) is 0.929. The molecule has 0 aromatic heterocycles. The van der Waals surface area contributed by atoms with Crippen LogP contribution in [0.3, 0.4) is 0 Å². The molecule has 0 aliphatic carbocycles. The third kappa shape index (κ3) is 12.7. The molecule has 0 radical (unpaired) electrons. The van der Waals surface area contributed by atoms with Crippen molar-refractivity contribution in [3.8, 4) is 0 Å². The van der Waals surface area contributed by atoms with Gasteiger partial charge >= 0.3 is 0 Å². The summed E-state index contributed by atoms with van der Waals surface area (Å²) in [5.41, 5.74) is 0. The van der Waals surface area contributed by atoms with Gasteiger partial charge in [-0.15, -0.1) is 24.0 Å². The van der Waals surface area contributed by atoms with Crippen molar-refractivity contribution in [3.05, 3.63) is 0 Å². The number of halogens is 1. The molecule has 0 unspecified atom stereocenters. The van der Waals surface area contributed by atoms with E-state index in [0.29, 0.717) is 0 Å². The van der Waals surface area contributed by atoms with Gasteiger partial charge in [0.05, 0.1) is 0 Å². The molecule has 0 aliphatic heterocycles. The average Bonchev–Trinajstić information content (AvgIpc) is 2.35. The summed E-state index contributed by atoms with van der Waals surface area (Å²) in [5.74, 6) is 0.942. The third-order valence-corrected chi connectivity index (χ3v) is 2.67. The van der Waals surface area contributed by atoms with E-state index in [4.69, 9.17) is 0 Å². The van der Waals surface area contributed by atoms with Crippen LogP contribution in [0.1, 0.15) is 47.0 Å². The Morgan fingerprint density at radius 2 is 1.42 bits per heavy atom. The minimum absolute atomic E-state index is 0. The van der Waals surface area contributed by atoms with E-state index >= 15 is 0 Å². The van der Waals surface area contributed by atoms with Crippen molar-refractivity contribution in [1.29, 1.82) is 0 Å². The van der Waals surface area contributed by atoms with E-state index in [0.717, 1.165) is 38.6 Å². The molecular formula is C14H33IN4. The fourth-order valence-electron chi connectivity index (χ4n) is 1.96. The quantitative estimate of drug-likeness (QED) is 0.263. The van der Waals surface area contributed by atoms with Crippen LogP contribution in [0.5, 0.6) is 0 Å². The Labute approximate surface area is 136 Å². The van der Waals surface area contributed by atoms with Crippen LogP contribution in [-0.2, 0) is 0 Å². The van der Waals surface area contributed by atoms with Gasteiger partial charge in [0.2, 0.25) is 0 Å². The lowest BCUT2D eigenvalue weighted by molar-refractivity contribution is 0.273. The van der Waals surface area contributed by atoms with Gasteiger partial charge in [0.1, 0.15) is 0 Å². The summed E-state index contributed by atoms with van der Waals surface area (Å²) in [6.07, 6.45) is 3.62. The minimum Gasteiger partial charge on any atom is -0.357 e. The second-order valence-corrected chi connectivity index (χ2v) is 4.49. The molecule has 0 bridgehead atoms. The first-order valence-electron chi connectivity index (χ1n) is 7.52. The van der Waals surface area contributed by atoms with E-state index in [1.807, 2.05) is 0 Å². The van der Waals surface area contributed by atoms with Crippen molar-refractivity contribution in [2.24, 2.45) is 4.99 Å². The summed E-state index contributed by atoms with van der Waals surface area (Å²) in [5, 5.41) is 6.49. The van der Waals surface area contributed by atoms with Gasteiger partial charge in [-0.1, -0.05) is 13.8 Å². The molecule has 116 valence electrons. The summed E-state index contributed by atoms with van der Waals surface area (Å²) in [6.45, 7) is 15.0. The molecule has 0 saturated heterocycles. The van der Waals surface area contributed by atoms with Crippen LogP contribution in [0.2, 0.25) is 0 Å². The largest absolute Gasteiger partial charge is 0.357 e. The molecule has 5 heteroatoms. The Bertz CT molecular complexity index is 196. The normalized spacial score (nSPS) is 9.95. The van der Waals surface area contributed by atoms with Crippen molar-refractivity contribution in [2.75, 3.05) is 39.3 Å². The van der Waals surface area contributed by atoms with Crippen molar-refractivity contribution in [1.82, 2.24) is 15.5 Å². The van der Waals surface area contributed by atoms with Crippen molar-refractivity contribution >= 4 is 29.9 Å². The maximum absolute atomic E-state index is 4.56. The minimum atomic E-state index is 0. The highest BCUT2D eigenvalue weighted by Crippen LogP contribution is 1.96. The first kappa shape index (κ1) is 21.3. The number of aliphatic imine (C=N–C) groups is 1. The maximum Gasteiger partial charge on any atom is 0.191 e. The van der Waals surface area contributed by atoms with Crippen LogP contribution in [0.15, 0.2) is 4.99 Å². The lowest BCUT2D eigenvalue weighted by Gasteiger charge is -2.20. The first-order chi connectivity index (χ1) is 8.78. The van der Waals surface area contributed by atoms with E-state index in [2.05, 4.69) is 48.2 Å². The molecule has 19 heavy (non-hydrogen) atoms. The first-order valence-corrected chi connectivity index (χ1v) is 7.52. The standard InChI is InChI=1S/C14H32N4.HI/c1-5-11-18(12-6-2)13-9-10-17-14(15-7-3)16-8-4;/h5-13H2,1-4H3,(H2,15,16,17);1H. The second kappa shape index (κ2) is 16.0. The predicted octanol–water partition coefficient (Wildman–Crippen LogP) is 2.69. The number of hydrogen-bond donors (Lipinski definition) is 2. The van der Waals surface area contributed by atoms with Crippen LogP contribution in [0, 0.1) is 0 Å². The molecule has 2 N–H and O–H groups in total. The molecule has 4 nitrogen and oxygen atoms in total. The Morgan fingerprint density at radius 1 is 0.895 bits per heavy atom. The molecule has 0 aromatic carbocycles. The Hall–Kier alpha value is -0.0400. The third-order valence-electron chi connectivity index (χ3n) is 2.67. The van der Waals surface area contributed by atoms with Gasteiger partial charge in [-0.05, 0) is 52.7 Å². The highest BCUT2D eigenvalue weighted by molar-refractivity contribution is 14.0. The zero-order valence-corrected chi connectivity index (χ0v) is 15.5. The number of guanidine groups is 1. The molecule has 0 saturated carbocycles. The van der Waals surface area contributed by atoms with E-state index in [1.165, 1.54) is 25.9 Å². The number of hydrogen-bond acceptors (Lipinski definition) is 2. The summed E-state index contributed by atoms with van der Waals surface area (Å²) in [4.78, 5) is 7.10. The topological polar surface area (TPSA) is 39.7 Å². The summed E-state index contributed by atoms with van der Waals surface area (Å²) in [6, 6.07) is 0. The SMILES string of the molecule is CCCN(CCC)CCCN=C(NCC)NCC.I. The molecule has 0 heterocycles. The molecule has 0 spiro atoms. The van der Waals surface area contributed by atoms with Gasteiger partial charge in [-0.2, -0.15) is 0 Å². The monoisotopic (exact) mass is 384 g/mol. The summed E-state index contributed by atoms with van der Waals surface area (Å²) in [7, 11) is 0. The summed E-state index contributed by atoms with van der Waals surface area (Å²) < 4.78 is 0. The Balaban J connectivity index is 0. The summed E-state index contributed by atoms with van der Waals surface area (Å²) >= 11 is 0. The molecule has 0 atom stereocenters. The lowest BCUT2D eigenvalue weighted by Crippen LogP contribution is -2.37. The average molecular weight is 384 g/mol. The number of rotatable bonds is 10. The molecule has 0 aromatic rings. The lowest BCUT2D eigenvalue weighted by atomic mass is 10.3. The Morgan fingerprint density at radius 3 is 1.84 bits per heavy atom. The van der Waals surface area contributed by atoms with Gasteiger partial charge in [-0.25, -0.2) is 0 Å². The zero-order chi connectivity index (χ0) is 13.6. The zero-order valence-electron chi connectivity index (χ0n) is 13.2. The van der Waals surface area contributed by atoms with Crippen LogP contribution in [0.4, 0.5) is 0 Å². The molecular weight excluding hydrogens is 351 g/mol. The molecule has 0 rings (SSSR count). The van der Waals surface area contributed by atoms with Crippen LogP contribution in [0.25, 0.3) is 0 Å². The number of nitrogens with one attached hydrogen (secondary N) is 2. The molecule has 0 amide bonds. The van der Waals surface area contributed by atoms with Crippen LogP contribution in [-0.4, -0.2) is 50.1 Å². The van der Waals surface area contributed by atoms with Gasteiger partial charge in [-0.3, -0.25) is 4.99 Å². The second-order valence-electron chi connectivity index (χ2n) is 4.49. The molecule has 0 fully saturated rings. The van der Waals surface area contributed by atoms with Crippen LogP contribution < -0.4 is 10.6 Å². The molecule has 0 aliphatic rings. The van der Waals surface area contributed by atoms with E-state index in [-0.39, 0.29) is 24.0 Å². The highest BCUT2D eigenvalue weighted by atomic mass is 127. The maximum atomic E-state index is 4.56. The fourth-order valence-corrected chi connectivity index (χ4v) is 1.96. The van der Waals surface area contributed by atoms with E-state index in [1.54, 1.807) is 0 Å². The van der Waals surface area contributed by atoms with E-state index < -0.39 is 0 Å². The number of nitrogens with zero attached hydrogens (tertiary/aromatic N) is 2.